The van der Waals surface area contributed by atoms with E-state index in [1.807, 2.05) is 30.9 Å². The highest BCUT2D eigenvalue weighted by Crippen LogP contribution is 2.16. The normalized spacial score (nSPS) is 11.2. The number of aromatic nitrogens is 1. The van der Waals surface area contributed by atoms with Crippen molar-refractivity contribution in [3.63, 3.8) is 0 Å². The fourth-order valence-corrected chi connectivity index (χ4v) is 2.99. The Hall–Kier alpha value is -3.16. The van der Waals surface area contributed by atoms with E-state index >= 15 is 0 Å². The van der Waals surface area contributed by atoms with Crippen LogP contribution in [0.1, 0.15) is 19.4 Å². The van der Waals surface area contributed by atoms with Gasteiger partial charge in [0, 0.05) is 30.5 Å². The molecule has 0 aliphatic heterocycles. The van der Waals surface area contributed by atoms with Crippen molar-refractivity contribution < 1.29 is 19.0 Å². The van der Waals surface area contributed by atoms with Crippen LogP contribution in [0.4, 0.5) is 4.39 Å². The molecule has 31 heavy (non-hydrogen) atoms. The summed E-state index contributed by atoms with van der Waals surface area (Å²) in [6.45, 7) is 5.35. The lowest BCUT2D eigenvalue weighted by atomic mass is 10.2. The summed E-state index contributed by atoms with van der Waals surface area (Å²) in [7, 11) is 0. The molecule has 0 fully saturated rings. The summed E-state index contributed by atoms with van der Waals surface area (Å²) in [6, 6.07) is 16.6. The molecule has 6 nitrogen and oxygen atoms in total. The molecule has 1 heterocycles. The monoisotopic (exact) mass is 426 g/mol. The van der Waals surface area contributed by atoms with Gasteiger partial charge in [-0.3, -0.25) is 14.3 Å². The van der Waals surface area contributed by atoms with Gasteiger partial charge in [-0.1, -0.05) is 12.1 Å². The molecule has 0 amide bonds. The molecule has 0 saturated heterocycles. The zero-order valence-corrected chi connectivity index (χ0v) is 17.7. The fraction of sp³-hybridized carbons (Fsp3) is 0.292. The lowest BCUT2D eigenvalue weighted by Crippen LogP contribution is -2.35. The minimum atomic E-state index is -0.301. The number of halogens is 1. The first-order valence-corrected chi connectivity index (χ1v) is 10.1. The van der Waals surface area contributed by atoms with Crippen LogP contribution < -0.4 is 15.0 Å². The molecule has 164 valence electrons. The van der Waals surface area contributed by atoms with E-state index < -0.39 is 0 Å². The van der Waals surface area contributed by atoms with Gasteiger partial charge in [-0.15, -0.1) is 0 Å². The number of hydrogen-bond donors (Lipinski definition) is 1. The molecule has 0 aliphatic carbocycles. The Morgan fingerprint density at radius 1 is 1.00 bits per heavy atom. The molecule has 1 N–H and O–H groups in total. The van der Waals surface area contributed by atoms with Crippen LogP contribution in [0.2, 0.25) is 0 Å². The number of benzene rings is 2. The molecule has 0 aliphatic rings. The zero-order valence-electron chi connectivity index (χ0n) is 17.7. The molecule has 1 aromatic heterocycles. The van der Waals surface area contributed by atoms with Gasteiger partial charge in [0.1, 0.15) is 30.5 Å². The van der Waals surface area contributed by atoms with Gasteiger partial charge >= 0.3 is 0 Å². The number of aliphatic hydroxyl groups is 1. The van der Waals surface area contributed by atoms with E-state index in [9.17, 15) is 14.3 Å². The van der Waals surface area contributed by atoms with Gasteiger partial charge in [-0.05, 0) is 61.9 Å². The quantitative estimate of drug-likeness (QED) is 0.502. The first-order chi connectivity index (χ1) is 15.0. The van der Waals surface area contributed by atoms with Crippen molar-refractivity contribution in [3.05, 3.63) is 88.6 Å². The van der Waals surface area contributed by atoms with E-state index in [2.05, 4.69) is 0 Å². The predicted molar refractivity (Wildman–Crippen MR) is 117 cm³/mol. The Labute approximate surface area is 181 Å². The molecule has 0 atom stereocenters. The van der Waals surface area contributed by atoms with Crippen molar-refractivity contribution in [3.8, 4) is 17.2 Å². The lowest BCUT2D eigenvalue weighted by Gasteiger charge is -2.23. The van der Waals surface area contributed by atoms with Crippen LogP contribution in [0, 0.1) is 5.82 Å². The highest BCUT2D eigenvalue weighted by atomic mass is 19.1. The zero-order chi connectivity index (χ0) is 22.2. The Morgan fingerprint density at radius 3 is 2.32 bits per heavy atom. The van der Waals surface area contributed by atoms with Gasteiger partial charge in [0.2, 0.25) is 0 Å². The molecule has 0 saturated carbocycles. The van der Waals surface area contributed by atoms with Gasteiger partial charge in [-0.2, -0.15) is 0 Å². The minimum Gasteiger partial charge on any atom is -0.492 e. The maximum absolute atomic E-state index is 13.0. The number of aliphatic hydroxyl groups excluding tert-OH is 1. The molecule has 0 unspecified atom stereocenters. The third-order valence-electron chi connectivity index (χ3n) is 4.88. The highest BCUT2D eigenvalue weighted by Gasteiger charge is 2.08. The second kappa shape index (κ2) is 10.7. The van der Waals surface area contributed by atoms with Gasteiger partial charge < -0.3 is 14.6 Å². The molecule has 3 aromatic rings. The van der Waals surface area contributed by atoms with E-state index in [4.69, 9.17) is 9.47 Å². The number of ether oxygens (including phenoxy) is 2. The Balaban J connectivity index is 1.58. The molecule has 0 bridgehead atoms. The summed E-state index contributed by atoms with van der Waals surface area (Å²) in [5.41, 5.74) is 1.30. The average Bonchev–Trinajstić information content (AvgIpc) is 2.77. The van der Waals surface area contributed by atoms with Gasteiger partial charge in [0.25, 0.3) is 5.56 Å². The Morgan fingerprint density at radius 2 is 1.71 bits per heavy atom. The van der Waals surface area contributed by atoms with Gasteiger partial charge in [0.15, 0.2) is 0 Å². The van der Waals surface area contributed by atoms with Gasteiger partial charge in [0.05, 0.1) is 6.73 Å². The standard InChI is InChI=1S/C24H27FN2O4/c1-18(2)26(17-28)13-14-30-22-9-7-21(8-10-22)27-12-11-23(15-24(27)29)31-16-19-3-5-20(25)6-4-19/h3-12,15,18,28H,13-14,16-17H2,1-2H3. The van der Waals surface area contributed by atoms with Crippen molar-refractivity contribution in [1.82, 2.24) is 9.47 Å². The maximum atomic E-state index is 13.0. The summed E-state index contributed by atoms with van der Waals surface area (Å²) in [6.07, 6.45) is 1.65. The summed E-state index contributed by atoms with van der Waals surface area (Å²) < 4.78 is 25.8. The largest absolute Gasteiger partial charge is 0.492 e. The number of nitrogens with zero attached hydrogens (tertiary/aromatic N) is 2. The van der Waals surface area contributed by atoms with Crippen LogP contribution in [-0.4, -0.2) is 40.5 Å². The molecule has 0 radical (unpaired) electrons. The topological polar surface area (TPSA) is 63.9 Å². The van der Waals surface area contributed by atoms with Crippen LogP contribution in [0.25, 0.3) is 5.69 Å². The summed E-state index contributed by atoms with van der Waals surface area (Å²) in [4.78, 5) is 14.4. The second-order valence-corrected chi connectivity index (χ2v) is 7.38. The molecule has 7 heteroatoms. The highest BCUT2D eigenvalue weighted by molar-refractivity contribution is 5.38. The molecular formula is C24H27FN2O4. The predicted octanol–water partition coefficient (Wildman–Crippen LogP) is 3.59. The second-order valence-electron chi connectivity index (χ2n) is 7.38. The summed E-state index contributed by atoms with van der Waals surface area (Å²) >= 11 is 0. The van der Waals surface area contributed by atoms with Crippen LogP contribution in [0.15, 0.2) is 71.7 Å². The summed E-state index contributed by atoms with van der Waals surface area (Å²) in [5.74, 6) is 0.840. The van der Waals surface area contributed by atoms with Crippen LogP contribution >= 0.6 is 0 Å². The van der Waals surface area contributed by atoms with E-state index in [1.54, 1.807) is 36.5 Å². The van der Waals surface area contributed by atoms with E-state index in [0.717, 1.165) is 5.56 Å². The Bertz CT molecular complexity index is 1020. The van der Waals surface area contributed by atoms with E-state index in [0.29, 0.717) is 30.3 Å². The SMILES string of the molecule is CC(C)N(CO)CCOc1ccc(-n2ccc(OCc3ccc(F)cc3)cc2=O)cc1. The first-order valence-electron chi connectivity index (χ1n) is 10.1. The number of rotatable bonds is 10. The lowest BCUT2D eigenvalue weighted by molar-refractivity contribution is 0.0671. The van der Waals surface area contributed by atoms with Crippen molar-refractivity contribution in [2.75, 3.05) is 19.9 Å². The van der Waals surface area contributed by atoms with E-state index in [-0.39, 0.29) is 30.8 Å². The molecular weight excluding hydrogens is 399 g/mol. The van der Waals surface area contributed by atoms with Crippen LogP contribution in [0.5, 0.6) is 11.5 Å². The number of hydrogen-bond acceptors (Lipinski definition) is 5. The molecule has 3 rings (SSSR count). The van der Waals surface area contributed by atoms with Crippen molar-refractivity contribution in [1.29, 1.82) is 0 Å². The van der Waals surface area contributed by atoms with E-state index in [1.165, 1.54) is 22.8 Å². The van der Waals surface area contributed by atoms with Crippen molar-refractivity contribution in [2.45, 2.75) is 26.5 Å². The average molecular weight is 426 g/mol. The van der Waals surface area contributed by atoms with Crippen LogP contribution in [-0.2, 0) is 6.61 Å². The van der Waals surface area contributed by atoms with Crippen molar-refractivity contribution >= 4 is 0 Å². The third kappa shape index (κ3) is 6.41. The minimum absolute atomic E-state index is 0.00745. The third-order valence-corrected chi connectivity index (χ3v) is 4.88. The Kier molecular flexibility index (Phi) is 7.81. The van der Waals surface area contributed by atoms with Gasteiger partial charge in [-0.25, -0.2) is 4.39 Å². The first kappa shape index (κ1) is 22.5. The van der Waals surface area contributed by atoms with Crippen LogP contribution in [0.3, 0.4) is 0 Å². The van der Waals surface area contributed by atoms with Crippen molar-refractivity contribution in [2.24, 2.45) is 0 Å². The fourth-order valence-electron chi connectivity index (χ4n) is 2.99. The molecule has 2 aromatic carbocycles. The summed E-state index contributed by atoms with van der Waals surface area (Å²) in [5, 5.41) is 9.32. The maximum Gasteiger partial charge on any atom is 0.258 e. The number of pyridine rings is 1. The smallest absolute Gasteiger partial charge is 0.258 e. The molecule has 0 spiro atoms.